The van der Waals surface area contributed by atoms with Gasteiger partial charge >= 0.3 is 275 Å². The molecular formula is C57H41N4OPtTe-3. The second-order valence-electron chi connectivity index (χ2n) is 16.1. The summed E-state index contributed by atoms with van der Waals surface area (Å²) in [5.74, 6) is 2.08. The van der Waals surface area contributed by atoms with E-state index >= 15 is 0 Å². The van der Waals surface area contributed by atoms with Crippen molar-refractivity contribution in [1.82, 2.24) is 4.98 Å². The molecule has 0 aliphatic carbocycles. The quantitative estimate of drug-likeness (QED) is 0.106. The van der Waals surface area contributed by atoms with E-state index in [4.69, 9.17) is 9.72 Å². The Balaban J connectivity index is 0.00000484. The van der Waals surface area contributed by atoms with Gasteiger partial charge in [-0.15, -0.1) is 0 Å². The summed E-state index contributed by atoms with van der Waals surface area (Å²) in [5.41, 5.74) is 13.1. The molecule has 64 heavy (non-hydrogen) atoms. The van der Waals surface area contributed by atoms with E-state index in [0.29, 0.717) is 11.5 Å². The van der Waals surface area contributed by atoms with Crippen LogP contribution in [-0.2, 0) is 26.5 Å². The molecule has 314 valence electrons. The summed E-state index contributed by atoms with van der Waals surface area (Å²) >= 11 is -0.688. The molecule has 5 nitrogen and oxygen atoms in total. The predicted molar refractivity (Wildman–Crippen MR) is 259 cm³/mol. The molecule has 2 aliphatic rings. The van der Waals surface area contributed by atoms with Crippen LogP contribution in [0.2, 0.25) is 0 Å². The predicted octanol–water partition coefficient (Wildman–Crippen LogP) is 13.0. The number of nitrogens with zero attached hydrogens (tertiary/aromatic N) is 4. The Bertz CT molecular complexity index is 3050. The molecule has 0 spiro atoms. The van der Waals surface area contributed by atoms with Gasteiger partial charge in [-0.3, -0.25) is 0 Å². The topological polar surface area (TPSA) is 31.8 Å². The number of para-hydroxylation sites is 4. The first kappa shape index (κ1) is 41.6. The minimum absolute atomic E-state index is 0. The van der Waals surface area contributed by atoms with Gasteiger partial charge < -0.3 is 0 Å². The van der Waals surface area contributed by atoms with Crippen LogP contribution in [0.1, 0.15) is 25.0 Å². The van der Waals surface area contributed by atoms with Crippen LogP contribution in [0.5, 0.6) is 11.5 Å². The molecule has 0 N–H and O–H groups in total. The van der Waals surface area contributed by atoms with Crippen LogP contribution in [0.15, 0.2) is 206 Å². The van der Waals surface area contributed by atoms with Crippen molar-refractivity contribution in [3.63, 3.8) is 0 Å². The molecule has 0 atom stereocenters. The Kier molecular flexibility index (Phi) is 11.5. The monoisotopic (exact) mass is 1120 g/mol. The average Bonchev–Trinajstić information content (AvgIpc) is 3.73. The van der Waals surface area contributed by atoms with Gasteiger partial charge in [-0.05, 0) is 11.1 Å². The second-order valence-corrected chi connectivity index (χ2v) is 19.2. The first-order valence-corrected chi connectivity index (χ1v) is 23.4. The van der Waals surface area contributed by atoms with E-state index in [1.807, 2.05) is 24.4 Å². The van der Waals surface area contributed by atoms with Crippen molar-refractivity contribution in [1.29, 1.82) is 0 Å². The van der Waals surface area contributed by atoms with E-state index in [1.165, 1.54) is 18.3 Å². The number of hydrogen-bond acceptors (Lipinski definition) is 5. The van der Waals surface area contributed by atoms with Gasteiger partial charge in [-0.25, -0.2) is 0 Å². The fourth-order valence-electron chi connectivity index (χ4n) is 8.65. The molecule has 7 heteroatoms. The van der Waals surface area contributed by atoms with Crippen molar-refractivity contribution in [3.8, 4) is 33.8 Å². The van der Waals surface area contributed by atoms with Gasteiger partial charge in [-0.2, -0.15) is 0 Å². The molecule has 1 aromatic heterocycles. The largest absolute Gasteiger partial charge is 0 e. The number of anilines is 7. The van der Waals surface area contributed by atoms with E-state index in [-0.39, 0.29) is 26.5 Å². The van der Waals surface area contributed by atoms with Gasteiger partial charge in [0.1, 0.15) is 0 Å². The van der Waals surface area contributed by atoms with Gasteiger partial charge in [-0.1, -0.05) is 84.9 Å². The standard InChI is InChI=1S/C57H41N4OTe.Pt/c1-57(2,42-22-10-5-11-23-42)43-34-35-58-55(36-43)61-51-30-14-15-31-53(51)63-54-33-32-46(38-52(54)61)62-45-25-16-24-44(37-45)59-39-60(50-29-13-12-28-49(50)59)56-47(40-18-6-3-7-19-40)26-17-27-48(56)41-20-8-4-9-21-41;/h3-36,39H,1-2H3;/q-3;. The number of pyridine rings is 1. The Labute approximate surface area is 400 Å². The van der Waals surface area contributed by atoms with Gasteiger partial charge in [0.15, 0.2) is 0 Å². The Morgan fingerprint density at radius 3 is 1.83 bits per heavy atom. The van der Waals surface area contributed by atoms with Crippen molar-refractivity contribution >= 4 is 68.1 Å². The summed E-state index contributed by atoms with van der Waals surface area (Å²) in [7, 11) is 0. The average molecular weight is 1120 g/mol. The molecule has 0 bridgehead atoms. The summed E-state index contributed by atoms with van der Waals surface area (Å²) in [6.07, 6.45) is 1.93. The number of hydrogen-bond donors (Lipinski definition) is 0. The van der Waals surface area contributed by atoms with Crippen molar-refractivity contribution in [2.45, 2.75) is 19.3 Å². The number of benzene rings is 8. The smallest absolute Gasteiger partial charge is 0 e. The summed E-state index contributed by atoms with van der Waals surface area (Å²) in [4.78, 5) is 11.8. The summed E-state index contributed by atoms with van der Waals surface area (Å²) < 4.78 is 9.36. The molecule has 9 aromatic rings. The molecule has 0 radical (unpaired) electrons. The molecule has 3 heterocycles. The van der Waals surface area contributed by atoms with E-state index < -0.39 is 20.9 Å². The molecule has 0 saturated carbocycles. The molecule has 0 amide bonds. The number of ether oxygens (including phenoxy) is 1. The molecule has 0 saturated heterocycles. The minimum Gasteiger partial charge on any atom is 0 e. The third kappa shape index (κ3) is 7.71. The van der Waals surface area contributed by atoms with Gasteiger partial charge in [0.25, 0.3) is 0 Å². The van der Waals surface area contributed by atoms with Crippen LogP contribution in [0.25, 0.3) is 22.3 Å². The van der Waals surface area contributed by atoms with Gasteiger partial charge in [0, 0.05) is 32.2 Å². The molecule has 0 unspecified atom stereocenters. The van der Waals surface area contributed by atoms with E-state index in [0.717, 1.165) is 62.2 Å². The Morgan fingerprint density at radius 1 is 0.531 bits per heavy atom. The van der Waals surface area contributed by atoms with E-state index in [9.17, 15) is 0 Å². The normalized spacial score (nSPS) is 12.8. The molecule has 2 aliphatic heterocycles. The van der Waals surface area contributed by atoms with Crippen molar-refractivity contribution in [3.05, 3.63) is 236 Å². The maximum absolute atomic E-state index is 6.71. The summed E-state index contributed by atoms with van der Waals surface area (Å²) in [5, 5.41) is 0. The maximum atomic E-state index is 6.71. The number of fused-ring (bicyclic) bond motifs is 3. The molecule has 0 fully saturated rings. The zero-order valence-corrected chi connectivity index (χ0v) is 39.7. The fraction of sp³-hybridized carbons (Fsp3) is 0.0526. The van der Waals surface area contributed by atoms with Crippen LogP contribution in [0.4, 0.5) is 39.9 Å². The van der Waals surface area contributed by atoms with Crippen LogP contribution < -0.4 is 26.7 Å². The summed E-state index contributed by atoms with van der Waals surface area (Å²) in [6.45, 7) is 6.73. The second kappa shape index (κ2) is 17.6. The van der Waals surface area contributed by atoms with Crippen molar-refractivity contribution in [2.75, 3.05) is 14.7 Å². The number of aromatic nitrogens is 1. The van der Waals surface area contributed by atoms with Gasteiger partial charge in [0.05, 0.1) is 0 Å². The van der Waals surface area contributed by atoms with Crippen LogP contribution in [0, 0.1) is 18.8 Å². The van der Waals surface area contributed by atoms with Crippen molar-refractivity contribution in [2.24, 2.45) is 0 Å². The van der Waals surface area contributed by atoms with Crippen LogP contribution in [-0.4, -0.2) is 25.9 Å². The third-order valence-electron chi connectivity index (χ3n) is 11.9. The van der Waals surface area contributed by atoms with E-state index in [2.05, 4.69) is 229 Å². The van der Waals surface area contributed by atoms with Crippen LogP contribution >= 0.6 is 0 Å². The third-order valence-corrected chi connectivity index (χ3v) is 15.1. The maximum Gasteiger partial charge on any atom is 0 e. The Morgan fingerprint density at radius 2 is 1.12 bits per heavy atom. The molecule has 8 aromatic carbocycles. The van der Waals surface area contributed by atoms with Crippen molar-refractivity contribution < 1.29 is 25.8 Å². The SMILES string of the molecule is CC(C)(c1ccccc1)c1ccnc(N2c3[c-]c(Oc4[c-]c(N5[CH-]N(c6c(-c7ccccc7)cccc6-c6ccccc6)c6ccccc65)ccc4)ccc3[Te]c3ccccc32)c1.[Pt]. The molecular weight excluding hydrogens is 1080 g/mol. The minimum atomic E-state index is -0.688. The van der Waals surface area contributed by atoms with Gasteiger partial charge in [0.2, 0.25) is 0 Å². The first-order valence-electron chi connectivity index (χ1n) is 21.1. The zero-order chi connectivity index (χ0) is 42.3. The molecule has 11 rings (SSSR count). The van der Waals surface area contributed by atoms with E-state index in [1.54, 1.807) is 0 Å². The number of rotatable bonds is 9. The van der Waals surface area contributed by atoms with Crippen LogP contribution in [0.3, 0.4) is 0 Å². The fourth-order valence-corrected chi connectivity index (χ4v) is 11.6. The first-order chi connectivity index (χ1) is 31.0. The summed E-state index contributed by atoms with van der Waals surface area (Å²) in [6, 6.07) is 77.8. The Hall–Kier alpha value is -6.41. The zero-order valence-electron chi connectivity index (χ0n) is 35.1.